The summed E-state index contributed by atoms with van der Waals surface area (Å²) in [7, 11) is -22.5. The van der Waals surface area contributed by atoms with E-state index in [1.807, 2.05) is 0 Å². The van der Waals surface area contributed by atoms with Gasteiger partial charge in [0.25, 0.3) is 5.41 Å². The summed E-state index contributed by atoms with van der Waals surface area (Å²) in [5.74, 6) is -6.55. The average molecular weight is 659 g/mol. The summed E-state index contributed by atoms with van der Waals surface area (Å²) >= 11 is 0. The van der Waals surface area contributed by atoms with Crippen LogP contribution in [-0.2, 0) is 29.5 Å². The van der Waals surface area contributed by atoms with Crippen LogP contribution < -0.4 is 0 Å². The van der Waals surface area contributed by atoms with Gasteiger partial charge >= 0.3 is 24.0 Å². The molecule has 6 nitrogen and oxygen atoms in total. The summed E-state index contributed by atoms with van der Waals surface area (Å²) in [5.41, 5.74) is -17.0. The van der Waals surface area contributed by atoms with E-state index in [1.54, 1.807) is 0 Å². The Kier molecular flexibility index (Phi) is 7.07. The Labute approximate surface area is 212 Å². The zero-order valence-electron chi connectivity index (χ0n) is 18.7. The third-order valence-electron chi connectivity index (χ3n) is 7.36. The Morgan fingerprint density at radius 2 is 1.05 bits per heavy atom. The lowest BCUT2D eigenvalue weighted by molar-refractivity contribution is -0.418. The molecule has 4 fully saturated rings. The van der Waals surface area contributed by atoms with Gasteiger partial charge in [0.2, 0.25) is 0 Å². The monoisotopic (exact) mass is 659 g/mol. The second-order valence-electron chi connectivity index (χ2n) is 10.2. The van der Waals surface area contributed by atoms with Gasteiger partial charge in [0.05, 0.1) is 29.3 Å². The van der Waals surface area contributed by atoms with Gasteiger partial charge in [-0.25, -0.2) is 4.39 Å². The molecule has 4 saturated carbocycles. The average Bonchev–Trinajstić information content (AvgIpc) is 2.59. The summed E-state index contributed by atoms with van der Waals surface area (Å²) in [4.78, 5) is 0. The topological polar surface area (TPSA) is 102 Å². The standard InChI is InChI=1S/C17H16F13O6S3/c18-11-2-8-1-9(3-11)5-12(4-8,6-11)38(33,34)10(39(35,36)17(28,29)30)37(31,32)7-13(14(19,20)21,15(22,23)24)16(25,26)27/h8-9H,1-7H2/q-1. The fraction of sp³-hybridized carbons (Fsp3) is 0.941. The molecular formula is C17H16F13O6S3-. The molecule has 0 amide bonds. The van der Waals surface area contributed by atoms with Gasteiger partial charge in [-0.1, -0.05) is 0 Å². The molecule has 0 aromatic heterocycles. The molecule has 22 heteroatoms. The highest BCUT2D eigenvalue weighted by atomic mass is 32.3. The lowest BCUT2D eigenvalue weighted by atomic mass is 9.54. The van der Waals surface area contributed by atoms with Crippen LogP contribution in [0.25, 0.3) is 0 Å². The molecule has 0 aliphatic heterocycles. The van der Waals surface area contributed by atoms with Crippen molar-refractivity contribution in [3.05, 3.63) is 3.91 Å². The molecule has 2 unspecified atom stereocenters. The lowest BCUT2D eigenvalue weighted by Crippen LogP contribution is -2.65. The first-order valence-electron chi connectivity index (χ1n) is 10.4. The molecule has 0 N–H and O–H groups in total. The molecule has 0 saturated heterocycles. The van der Waals surface area contributed by atoms with E-state index >= 15 is 4.39 Å². The fourth-order valence-corrected chi connectivity index (χ4v) is 15.1. The van der Waals surface area contributed by atoms with E-state index in [0.717, 1.165) is 0 Å². The Morgan fingerprint density at radius 3 is 1.36 bits per heavy atom. The van der Waals surface area contributed by atoms with Crippen LogP contribution in [0.4, 0.5) is 57.1 Å². The molecule has 4 rings (SSSR count). The molecule has 4 bridgehead atoms. The minimum Gasteiger partial charge on any atom is -0.260 e. The van der Waals surface area contributed by atoms with Gasteiger partial charge in [0.15, 0.2) is 9.84 Å². The van der Waals surface area contributed by atoms with Crippen LogP contribution in [0.2, 0.25) is 0 Å². The van der Waals surface area contributed by atoms with Crippen molar-refractivity contribution in [3.8, 4) is 0 Å². The summed E-state index contributed by atoms with van der Waals surface area (Å²) in [6.45, 7) is 0. The maximum absolute atomic E-state index is 15.2. The zero-order valence-corrected chi connectivity index (χ0v) is 21.1. The maximum Gasteiger partial charge on any atom is 0.470 e. The van der Waals surface area contributed by atoms with Gasteiger partial charge in [-0.15, -0.1) is 0 Å². The van der Waals surface area contributed by atoms with Crippen LogP contribution in [-0.4, -0.2) is 65.5 Å². The SMILES string of the molecule is O=S(=O)(CC(C(F)(F)F)(C(F)(F)F)C(F)(F)F)[C-](S(=O)(=O)C(F)(F)F)S(=O)(=O)C12CC3CC(CC(F)(C3)C1)C2. The van der Waals surface area contributed by atoms with Crippen molar-refractivity contribution in [3.63, 3.8) is 0 Å². The normalized spacial score (nSPS) is 31.2. The first-order valence-corrected chi connectivity index (χ1v) is 15.1. The second-order valence-corrected chi connectivity index (χ2v) is 17.0. The highest BCUT2D eigenvalue weighted by Gasteiger charge is 2.84. The van der Waals surface area contributed by atoms with Crippen LogP contribution in [0.5, 0.6) is 0 Å². The molecule has 0 heterocycles. The predicted octanol–water partition coefficient (Wildman–Crippen LogP) is 4.93. The lowest BCUT2D eigenvalue weighted by Gasteiger charge is -2.60. The molecule has 0 aromatic rings. The molecule has 4 aliphatic carbocycles. The summed E-state index contributed by atoms with van der Waals surface area (Å²) in [5, 5.41) is 0. The number of halogens is 13. The van der Waals surface area contributed by atoms with Crippen molar-refractivity contribution in [1.29, 1.82) is 0 Å². The van der Waals surface area contributed by atoms with Crippen LogP contribution in [0.3, 0.4) is 0 Å². The molecule has 0 radical (unpaired) electrons. The van der Waals surface area contributed by atoms with Gasteiger partial charge in [-0.2, -0.15) is 52.7 Å². The maximum atomic E-state index is 15.2. The Balaban J connectivity index is 2.34. The number of hydrogen-bond acceptors (Lipinski definition) is 6. The Bertz CT molecular complexity index is 1270. The number of hydrogen-bond donors (Lipinski definition) is 0. The number of sulfone groups is 3. The molecule has 2 atom stereocenters. The van der Waals surface area contributed by atoms with Crippen LogP contribution >= 0.6 is 0 Å². The fourth-order valence-electron chi connectivity index (χ4n) is 6.20. The van der Waals surface area contributed by atoms with E-state index in [4.69, 9.17) is 0 Å². The van der Waals surface area contributed by atoms with Crippen LogP contribution in [0.1, 0.15) is 38.5 Å². The van der Waals surface area contributed by atoms with E-state index in [-0.39, 0.29) is 6.42 Å². The van der Waals surface area contributed by atoms with E-state index < -0.39 is 123 Å². The molecule has 4 aliphatic rings. The van der Waals surface area contributed by atoms with Crippen molar-refractivity contribution in [1.82, 2.24) is 0 Å². The molecule has 0 spiro atoms. The van der Waals surface area contributed by atoms with Gasteiger partial charge in [0, 0.05) is 4.75 Å². The third kappa shape index (κ3) is 4.70. The minimum absolute atomic E-state index is 0.0381. The van der Waals surface area contributed by atoms with Gasteiger partial charge in [-0.05, 0) is 50.4 Å². The van der Waals surface area contributed by atoms with E-state index in [9.17, 15) is 77.9 Å². The molecule has 0 aromatic carbocycles. The van der Waals surface area contributed by atoms with Crippen molar-refractivity contribution in [2.75, 3.05) is 5.75 Å². The summed E-state index contributed by atoms with van der Waals surface area (Å²) in [6.07, 6.45) is -27.0. The van der Waals surface area contributed by atoms with E-state index in [2.05, 4.69) is 0 Å². The summed E-state index contributed by atoms with van der Waals surface area (Å²) in [6, 6.07) is 0. The highest BCUT2D eigenvalue weighted by Crippen LogP contribution is 2.65. The predicted molar refractivity (Wildman–Crippen MR) is 103 cm³/mol. The van der Waals surface area contributed by atoms with Gasteiger partial charge in [-0.3, -0.25) is 25.3 Å². The first-order chi connectivity index (χ1) is 16.9. The smallest absolute Gasteiger partial charge is 0.260 e. The van der Waals surface area contributed by atoms with Crippen molar-refractivity contribution in [2.45, 2.75) is 73.0 Å². The van der Waals surface area contributed by atoms with Crippen molar-refractivity contribution in [2.24, 2.45) is 17.3 Å². The van der Waals surface area contributed by atoms with Crippen LogP contribution in [0.15, 0.2) is 0 Å². The van der Waals surface area contributed by atoms with E-state index in [0.29, 0.717) is 0 Å². The molecular weight excluding hydrogens is 643 g/mol. The Hall–Kier alpha value is -1.06. The second kappa shape index (κ2) is 8.50. The number of rotatable bonds is 6. The summed E-state index contributed by atoms with van der Waals surface area (Å²) < 4.78 is 245. The number of alkyl halides is 13. The van der Waals surface area contributed by atoms with Crippen molar-refractivity contribution < 1.29 is 82.3 Å². The van der Waals surface area contributed by atoms with Crippen LogP contribution in [0, 0.1) is 21.2 Å². The highest BCUT2D eigenvalue weighted by molar-refractivity contribution is 8.29. The first kappa shape index (κ1) is 32.5. The quantitative estimate of drug-likeness (QED) is 0.296. The Morgan fingerprint density at radius 1 is 0.667 bits per heavy atom. The zero-order chi connectivity index (χ0) is 30.7. The van der Waals surface area contributed by atoms with Gasteiger partial charge in [0.1, 0.15) is 5.67 Å². The van der Waals surface area contributed by atoms with Gasteiger partial charge < -0.3 is 0 Å². The van der Waals surface area contributed by atoms with E-state index in [1.165, 1.54) is 0 Å². The van der Waals surface area contributed by atoms with Crippen molar-refractivity contribution >= 4 is 29.5 Å². The third-order valence-corrected chi connectivity index (χ3v) is 15.9. The molecule has 230 valence electrons. The largest absolute Gasteiger partial charge is 0.470 e. The minimum atomic E-state index is -7.96. The molecule has 39 heavy (non-hydrogen) atoms.